The van der Waals surface area contributed by atoms with Crippen LogP contribution in [0.1, 0.15) is 16.2 Å². The Hall–Kier alpha value is -3.45. The summed E-state index contributed by atoms with van der Waals surface area (Å²) >= 11 is 1.32. The highest BCUT2D eigenvalue weighted by Gasteiger charge is 2.15. The molecule has 0 saturated heterocycles. The van der Waals surface area contributed by atoms with Gasteiger partial charge in [0.15, 0.2) is 0 Å². The summed E-state index contributed by atoms with van der Waals surface area (Å²) in [5, 5.41) is 1.79. The van der Waals surface area contributed by atoms with E-state index in [1.807, 2.05) is 18.2 Å². The lowest BCUT2D eigenvalue weighted by molar-refractivity contribution is 0.0459. The van der Waals surface area contributed by atoms with Gasteiger partial charge in [0.1, 0.15) is 34.2 Å². The third-order valence-electron chi connectivity index (χ3n) is 3.78. The molecule has 2 aromatic heterocycles. The molecule has 2 aromatic carbocycles. The van der Waals surface area contributed by atoms with Crippen LogP contribution >= 0.6 is 11.3 Å². The second-order valence-electron chi connectivity index (χ2n) is 5.63. The molecule has 0 fully saturated rings. The Morgan fingerprint density at radius 1 is 1.04 bits per heavy atom. The molecule has 1 N–H and O–H groups in total. The fourth-order valence-electron chi connectivity index (χ4n) is 2.54. The van der Waals surface area contributed by atoms with Crippen LogP contribution in [0.25, 0.3) is 10.2 Å². The zero-order valence-electron chi connectivity index (χ0n) is 14.0. The van der Waals surface area contributed by atoms with E-state index in [0.717, 1.165) is 0 Å². The first-order valence-electron chi connectivity index (χ1n) is 8.16. The van der Waals surface area contributed by atoms with Crippen molar-refractivity contribution in [1.29, 1.82) is 0 Å². The lowest BCUT2D eigenvalue weighted by atomic mass is 10.2. The van der Waals surface area contributed by atoms with E-state index < -0.39 is 5.97 Å². The van der Waals surface area contributed by atoms with Crippen molar-refractivity contribution in [3.05, 3.63) is 87.8 Å². The number of H-pyrrole nitrogens is 1. The van der Waals surface area contributed by atoms with Crippen LogP contribution in [-0.2, 0) is 11.3 Å². The second kappa shape index (κ2) is 7.43. The van der Waals surface area contributed by atoms with Crippen LogP contribution < -0.4 is 10.3 Å². The third-order valence-corrected chi connectivity index (χ3v) is 4.68. The summed E-state index contributed by atoms with van der Waals surface area (Å²) in [6, 6.07) is 17.7. The number of carbonyl (C=O) groups is 1. The molecule has 27 heavy (non-hydrogen) atoms. The number of aromatic amines is 1. The van der Waals surface area contributed by atoms with E-state index in [-0.39, 0.29) is 12.2 Å². The summed E-state index contributed by atoms with van der Waals surface area (Å²) in [6.07, 6.45) is 0. The van der Waals surface area contributed by atoms with Crippen LogP contribution in [0, 0.1) is 0 Å². The van der Waals surface area contributed by atoms with Crippen molar-refractivity contribution in [3.63, 3.8) is 0 Å². The Balaban J connectivity index is 1.52. The maximum atomic E-state index is 12.5. The van der Waals surface area contributed by atoms with Gasteiger partial charge in [-0.3, -0.25) is 4.79 Å². The van der Waals surface area contributed by atoms with Crippen LogP contribution in [0.2, 0.25) is 0 Å². The van der Waals surface area contributed by atoms with E-state index >= 15 is 0 Å². The number of benzene rings is 2. The predicted molar refractivity (Wildman–Crippen MR) is 102 cm³/mol. The minimum Gasteiger partial charge on any atom is -0.456 e. The summed E-state index contributed by atoms with van der Waals surface area (Å²) < 4.78 is 11.6. The van der Waals surface area contributed by atoms with Gasteiger partial charge in [0.05, 0.1) is 5.52 Å². The van der Waals surface area contributed by atoms with Gasteiger partial charge in [-0.05, 0) is 35.7 Å². The molecule has 0 spiro atoms. The van der Waals surface area contributed by atoms with E-state index in [0.29, 0.717) is 33.1 Å². The number of hydrogen-bond donors (Lipinski definition) is 1. The molecule has 0 aliphatic heterocycles. The van der Waals surface area contributed by atoms with Crippen LogP contribution in [0.15, 0.2) is 70.8 Å². The van der Waals surface area contributed by atoms with Gasteiger partial charge in [-0.2, -0.15) is 0 Å². The van der Waals surface area contributed by atoms with E-state index in [1.165, 1.54) is 11.3 Å². The number of nitrogens with one attached hydrogen (secondary N) is 1. The summed E-state index contributed by atoms with van der Waals surface area (Å²) in [5.74, 6) is 0.741. The van der Waals surface area contributed by atoms with Crippen LogP contribution in [-0.4, -0.2) is 15.9 Å². The van der Waals surface area contributed by atoms with Crippen molar-refractivity contribution >= 4 is 27.5 Å². The van der Waals surface area contributed by atoms with Gasteiger partial charge in [-0.1, -0.05) is 30.3 Å². The van der Waals surface area contributed by atoms with Gasteiger partial charge in [0.2, 0.25) is 0 Å². The normalized spacial score (nSPS) is 10.7. The van der Waals surface area contributed by atoms with Gasteiger partial charge < -0.3 is 14.5 Å². The lowest BCUT2D eigenvalue weighted by Crippen LogP contribution is -2.13. The standard InChI is InChI=1S/C20H14N2O4S/c23-19-18-15(10-11-27-18)21-17(22-19)12-25-20(24)14-8-4-5-9-16(14)26-13-6-2-1-3-7-13/h1-11H,12H2,(H,21,22,23). The molecule has 0 amide bonds. The molecule has 0 aliphatic rings. The van der Waals surface area contributed by atoms with Crippen molar-refractivity contribution in [2.24, 2.45) is 0 Å². The number of thiophene rings is 1. The minimum absolute atomic E-state index is 0.139. The Labute approximate surface area is 158 Å². The maximum absolute atomic E-state index is 12.5. The van der Waals surface area contributed by atoms with Crippen molar-refractivity contribution in [3.8, 4) is 11.5 Å². The fraction of sp³-hybridized carbons (Fsp3) is 0.0500. The molecule has 0 saturated carbocycles. The van der Waals surface area contributed by atoms with Gasteiger partial charge in [0, 0.05) is 0 Å². The first kappa shape index (κ1) is 17.0. The number of fused-ring (bicyclic) bond motifs is 1. The lowest BCUT2D eigenvalue weighted by Gasteiger charge is -2.10. The average Bonchev–Trinajstić information content (AvgIpc) is 3.17. The Morgan fingerprint density at radius 2 is 1.81 bits per heavy atom. The van der Waals surface area contributed by atoms with E-state index in [2.05, 4.69) is 9.97 Å². The fourth-order valence-corrected chi connectivity index (χ4v) is 3.27. The summed E-state index contributed by atoms with van der Waals surface area (Å²) in [5.41, 5.74) is 0.636. The number of rotatable bonds is 5. The van der Waals surface area contributed by atoms with E-state index in [1.54, 1.807) is 47.8 Å². The van der Waals surface area contributed by atoms with Gasteiger partial charge in [-0.25, -0.2) is 9.78 Å². The molecular formula is C20H14N2O4S. The zero-order valence-corrected chi connectivity index (χ0v) is 14.9. The Morgan fingerprint density at radius 3 is 2.67 bits per heavy atom. The number of ether oxygens (including phenoxy) is 2. The molecule has 134 valence electrons. The molecular weight excluding hydrogens is 364 g/mol. The van der Waals surface area contributed by atoms with Crippen molar-refractivity contribution in [1.82, 2.24) is 9.97 Å². The SMILES string of the molecule is O=C(OCc1nc2ccsc2c(=O)[nH]1)c1ccccc1Oc1ccccc1. The first-order valence-corrected chi connectivity index (χ1v) is 9.04. The summed E-state index contributed by atoms with van der Waals surface area (Å²) in [4.78, 5) is 31.4. The average molecular weight is 378 g/mol. The molecule has 0 aliphatic carbocycles. The number of hydrogen-bond acceptors (Lipinski definition) is 6. The molecule has 7 heteroatoms. The summed E-state index contributed by atoms with van der Waals surface area (Å²) in [7, 11) is 0. The monoisotopic (exact) mass is 378 g/mol. The molecule has 0 atom stereocenters. The molecule has 0 unspecified atom stereocenters. The van der Waals surface area contributed by atoms with Crippen LogP contribution in [0.3, 0.4) is 0 Å². The highest BCUT2D eigenvalue weighted by atomic mass is 32.1. The Kier molecular flexibility index (Phi) is 4.67. The molecule has 6 nitrogen and oxygen atoms in total. The molecule has 4 rings (SSSR count). The number of carbonyl (C=O) groups excluding carboxylic acids is 1. The number of para-hydroxylation sites is 2. The first-order chi connectivity index (χ1) is 13.2. The van der Waals surface area contributed by atoms with Gasteiger partial charge in [0.25, 0.3) is 5.56 Å². The zero-order chi connectivity index (χ0) is 18.6. The van der Waals surface area contributed by atoms with Crippen molar-refractivity contribution in [2.75, 3.05) is 0 Å². The van der Waals surface area contributed by atoms with E-state index in [4.69, 9.17) is 9.47 Å². The number of esters is 1. The highest BCUT2D eigenvalue weighted by Crippen LogP contribution is 2.25. The van der Waals surface area contributed by atoms with E-state index in [9.17, 15) is 9.59 Å². The molecule has 2 heterocycles. The maximum Gasteiger partial charge on any atom is 0.342 e. The van der Waals surface area contributed by atoms with Gasteiger partial charge >= 0.3 is 5.97 Å². The highest BCUT2D eigenvalue weighted by molar-refractivity contribution is 7.17. The third kappa shape index (κ3) is 3.73. The van der Waals surface area contributed by atoms with Crippen LogP contribution in [0.4, 0.5) is 0 Å². The molecule has 0 radical (unpaired) electrons. The molecule has 0 bridgehead atoms. The number of aromatic nitrogens is 2. The topological polar surface area (TPSA) is 81.3 Å². The van der Waals surface area contributed by atoms with Crippen molar-refractivity contribution in [2.45, 2.75) is 6.61 Å². The summed E-state index contributed by atoms with van der Waals surface area (Å²) in [6.45, 7) is -0.139. The second-order valence-corrected chi connectivity index (χ2v) is 6.55. The predicted octanol–water partition coefficient (Wildman–Crippen LogP) is 4.13. The van der Waals surface area contributed by atoms with Crippen molar-refractivity contribution < 1.29 is 14.3 Å². The number of nitrogens with zero attached hydrogens (tertiary/aromatic N) is 1. The quantitative estimate of drug-likeness (QED) is 0.528. The smallest absolute Gasteiger partial charge is 0.342 e. The van der Waals surface area contributed by atoms with Gasteiger partial charge in [-0.15, -0.1) is 11.3 Å². The minimum atomic E-state index is -0.561. The molecule has 4 aromatic rings. The largest absolute Gasteiger partial charge is 0.456 e. The van der Waals surface area contributed by atoms with Crippen LogP contribution in [0.5, 0.6) is 11.5 Å². The Bertz CT molecular complexity index is 1150.